The molecule has 1 fully saturated rings. The summed E-state index contributed by atoms with van der Waals surface area (Å²) in [7, 11) is 1.96. The smallest absolute Gasteiger partial charge is 0.420 e. The van der Waals surface area contributed by atoms with Gasteiger partial charge in [-0.1, -0.05) is 0 Å². The van der Waals surface area contributed by atoms with Gasteiger partial charge in [-0.25, -0.2) is 0 Å². The van der Waals surface area contributed by atoms with Crippen molar-refractivity contribution < 1.29 is 17.9 Å². The molecular weight excluding hydrogens is 273 g/mol. The molecule has 0 amide bonds. The zero-order chi connectivity index (χ0) is 14.8. The Hall–Kier alpha value is -1.63. The van der Waals surface area contributed by atoms with Crippen molar-refractivity contribution in [3.05, 3.63) is 28.7 Å². The minimum Gasteiger partial charge on any atom is -0.490 e. The van der Waals surface area contributed by atoms with Crippen LogP contribution in [0.4, 0.5) is 18.9 Å². The minimum atomic E-state index is -4.57. The van der Waals surface area contributed by atoms with Crippen molar-refractivity contribution in [2.24, 2.45) is 5.18 Å². The third-order valence-corrected chi connectivity index (χ3v) is 3.33. The van der Waals surface area contributed by atoms with Crippen molar-refractivity contribution in [2.45, 2.75) is 25.1 Å². The van der Waals surface area contributed by atoms with Crippen LogP contribution < -0.4 is 4.74 Å². The number of halogens is 3. The summed E-state index contributed by atoms with van der Waals surface area (Å²) in [6, 6.07) is 3.11. The third kappa shape index (κ3) is 3.47. The molecule has 2 rings (SSSR count). The van der Waals surface area contributed by atoms with Crippen molar-refractivity contribution in [2.75, 3.05) is 20.1 Å². The van der Waals surface area contributed by atoms with Crippen LogP contribution in [0.5, 0.6) is 5.75 Å². The van der Waals surface area contributed by atoms with E-state index in [2.05, 4.69) is 10.1 Å². The fourth-order valence-corrected chi connectivity index (χ4v) is 2.18. The maximum Gasteiger partial charge on any atom is 0.420 e. The number of nitroso groups, excluding NO2 is 1. The van der Waals surface area contributed by atoms with Crippen molar-refractivity contribution >= 4 is 5.69 Å². The van der Waals surface area contributed by atoms with Gasteiger partial charge < -0.3 is 9.64 Å². The van der Waals surface area contributed by atoms with Crippen LogP contribution in [-0.4, -0.2) is 31.1 Å². The summed E-state index contributed by atoms with van der Waals surface area (Å²) in [6.07, 6.45) is -3.44. The number of piperidine rings is 1. The van der Waals surface area contributed by atoms with Gasteiger partial charge in [-0.15, -0.1) is 4.91 Å². The SMILES string of the molecule is CN1CCC(Oc2ccc(N=O)cc2C(F)(F)F)CC1. The Morgan fingerprint density at radius 3 is 2.50 bits per heavy atom. The summed E-state index contributed by atoms with van der Waals surface area (Å²) in [5.41, 5.74) is -1.21. The van der Waals surface area contributed by atoms with E-state index in [-0.39, 0.29) is 17.5 Å². The lowest BCUT2D eigenvalue weighted by molar-refractivity contribution is -0.139. The average Bonchev–Trinajstić information content (AvgIpc) is 2.40. The first-order valence-corrected chi connectivity index (χ1v) is 6.30. The van der Waals surface area contributed by atoms with Crippen LogP contribution >= 0.6 is 0 Å². The van der Waals surface area contributed by atoms with Gasteiger partial charge in [0.15, 0.2) is 0 Å². The molecule has 1 aromatic rings. The lowest BCUT2D eigenvalue weighted by atomic mass is 10.1. The maximum absolute atomic E-state index is 12.9. The highest BCUT2D eigenvalue weighted by Crippen LogP contribution is 2.39. The molecule has 1 aliphatic heterocycles. The molecule has 20 heavy (non-hydrogen) atoms. The van der Waals surface area contributed by atoms with Gasteiger partial charge in [-0.05, 0) is 43.3 Å². The highest BCUT2D eigenvalue weighted by Gasteiger charge is 2.35. The Kier molecular flexibility index (Phi) is 4.27. The average molecular weight is 288 g/mol. The molecule has 0 saturated carbocycles. The largest absolute Gasteiger partial charge is 0.490 e. The first-order chi connectivity index (χ1) is 9.40. The molecule has 0 unspecified atom stereocenters. The van der Waals surface area contributed by atoms with Gasteiger partial charge in [0.25, 0.3) is 0 Å². The number of alkyl halides is 3. The van der Waals surface area contributed by atoms with E-state index in [9.17, 15) is 18.1 Å². The molecule has 7 heteroatoms. The first kappa shape index (κ1) is 14.8. The molecule has 0 radical (unpaired) electrons. The Morgan fingerprint density at radius 2 is 1.95 bits per heavy atom. The number of rotatable bonds is 3. The normalized spacial score (nSPS) is 18.0. The minimum absolute atomic E-state index is 0.234. The van der Waals surface area contributed by atoms with Gasteiger partial charge in [-0.2, -0.15) is 13.2 Å². The number of benzene rings is 1. The van der Waals surface area contributed by atoms with Gasteiger partial charge >= 0.3 is 6.18 Å². The zero-order valence-corrected chi connectivity index (χ0v) is 11.0. The molecule has 4 nitrogen and oxygen atoms in total. The molecule has 0 aromatic heterocycles. The molecule has 0 aliphatic carbocycles. The second-order valence-corrected chi connectivity index (χ2v) is 4.89. The Balaban J connectivity index is 2.20. The lowest BCUT2D eigenvalue weighted by Gasteiger charge is -2.30. The Morgan fingerprint density at radius 1 is 1.30 bits per heavy atom. The van der Waals surface area contributed by atoms with Gasteiger partial charge in [0.1, 0.15) is 17.5 Å². The van der Waals surface area contributed by atoms with Crippen LogP contribution in [0.25, 0.3) is 0 Å². The van der Waals surface area contributed by atoms with Crippen LogP contribution in [0.1, 0.15) is 18.4 Å². The number of hydrogen-bond donors (Lipinski definition) is 0. The fourth-order valence-electron chi connectivity index (χ4n) is 2.18. The summed E-state index contributed by atoms with van der Waals surface area (Å²) < 4.78 is 44.3. The van der Waals surface area contributed by atoms with Crippen molar-refractivity contribution in [3.63, 3.8) is 0 Å². The van der Waals surface area contributed by atoms with Gasteiger partial charge in [-0.3, -0.25) is 0 Å². The van der Waals surface area contributed by atoms with Crippen LogP contribution in [-0.2, 0) is 6.18 Å². The van der Waals surface area contributed by atoms with E-state index < -0.39 is 11.7 Å². The molecule has 1 aromatic carbocycles. The maximum atomic E-state index is 12.9. The zero-order valence-electron chi connectivity index (χ0n) is 11.0. The molecule has 1 saturated heterocycles. The second-order valence-electron chi connectivity index (χ2n) is 4.89. The highest BCUT2D eigenvalue weighted by atomic mass is 19.4. The van der Waals surface area contributed by atoms with E-state index in [0.717, 1.165) is 25.2 Å². The molecule has 110 valence electrons. The molecule has 1 aliphatic rings. The highest BCUT2D eigenvalue weighted by molar-refractivity contribution is 5.48. The molecule has 1 heterocycles. The predicted octanol–water partition coefficient (Wildman–Crippen LogP) is 3.58. The van der Waals surface area contributed by atoms with Crippen molar-refractivity contribution in [3.8, 4) is 5.75 Å². The number of hydrogen-bond acceptors (Lipinski definition) is 4. The number of ether oxygens (including phenoxy) is 1. The Bertz CT molecular complexity index is 483. The van der Waals surface area contributed by atoms with E-state index in [1.54, 1.807) is 0 Å². The van der Waals surface area contributed by atoms with Crippen LogP contribution in [0.3, 0.4) is 0 Å². The number of nitrogens with zero attached hydrogens (tertiary/aromatic N) is 2. The summed E-state index contributed by atoms with van der Waals surface area (Å²) in [5.74, 6) is -0.237. The summed E-state index contributed by atoms with van der Waals surface area (Å²) in [4.78, 5) is 12.5. The van der Waals surface area contributed by atoms with E-state index in [1.807, 2.05) is 7.05 Å². The van der Waals surface area contributed by atoms with Gasteiger partial charge in [0, 0.05) is 13.1 Å². The monoisotopic (exact) mass is 288 g/mol. The lowest BCUT2D eigenvalue weighted by Crippen LogP contribution is -2.35. The molecule has 0 atom stereocenters. The van der Waals surface area contributed by atoms with Crippen LogP contribution in [0.2, 0.25) is 0 Å². The van der Waals surface area contributed by atoms with E-state index >= 15 is 0 Å². The molecular formula is C13H15F3N2O2. The molecule has 0 bridgehead atoms. The summed E-state index contributed by atoms with van der Waals surface area (Å²) >= 11 is 0. The quantitative estimate of drug-likeness (QED) is 0.798. The van der Waals surface area contributed by atoms with Gasteiger partial charge in [0.05, 0.1) is 5.56 Å². The van der Waals surface area contributed by atoms with Crippen molar-refractivity contribution in [1.29, 1.82) is 0 Å². The second kappa shape index (κ2) is 5.78. The standard InChI is InChI=1S/C13H15F3N2O2/c1-18-6-4-10(5-7-18)20-12-3-2-9(17-19)8-11(12)13(14,15)16/h2-3,8,10H,4-7H2,1H3. The summed E-state index contributed by atoms with van der Waals surface area (Å²) in [6.45, 7) is 1.58. The van der Waals surface area contributed by atoms with E-state index in [1.165, 1.54) is 6.07 Å². The van der Waals surface area contributed by atoms with Gasteiger partial charge in [0.2, 0.25) is 0 Å². The van der Waals surface area contributed by atoms with Crippen LogP contribution in [0.15, 0.2) is 23.4 Å². The van der Waals surface area contributed by atoms with Crippen molar-refractivity contribution in [1.82, 2.24) is 4.90 Å². The number of likely N-dealkylation sites (tertiary alicyclic amines) is 1. The van der Waals surface area contributed by atoms with E-state index in [4.69, 9.17) is 4.74 Å². The molecule has 0 spiro atoms. The Labute approximate surface area is 114 Å². The third-order valence-electron chi connectivity index (χ3n) is 3.33. The van der Waals surface area contributed by atoms with Crippen LogP contribution in [0, 0.1) is 4.91 Å². The molecule has 0 N–H and O–H groups in total. The predicted molar refractivity (Wildman–Crippen MR) is 68.0 cm³/mol. The fraction of sp³-hybridized carbons (Fsp3) is 0.538. The first-order valence-electron chi connectivity index (χ1n) is 6.30. The topological polar surface area (TPSA) is 41.9 Å². The van der Waals surface area contributed by atoms with E-state index in [0.29, 0.717) is 12.8 Å². The summed E-state index contributed by atoms with van der Waals surface area (Å²) in [5, 5.41) is 2.53.